The predicted molar refractivity (Wildman–Crippen MR) is 104 cm³/mol. The number of fused-ring (bicyclic) bond motifs is 1. The molecule has 2 rings (SSSR count). The third-order valence-electron chi connectivity index (χ3n) is 3.61. The van der Waals surface area contributed by atoms with Crippen LogP contribution in [0, 0.1) is 21.8 Å². The minimum Gasteiger partial charge on any atom is -0.381 e. The lowest BCUT2D eigenvalue weighted by Gasteiger charge is -2.18. The summed E-state index contributed by atoms with van der Waals surface area (Å²) >= 11 is 2.29. The molecule has 1 N–H and O–H groups in total. The normalized spacial score (nSPS) is 12.0. The largest absolute Gasteiger partial charge is 0.381 e. The van der Waals surface area contributed by atoms with E-state index >= 15 is 0 Å². The van der Waals surface area contributed by atoms with Crippen molar-refractivity contribution in [1.29, 1.82) is 5.41 Å². The van der Waals surface area contributed by atoms with Gasteiger partial charge in [0.25, 0.3) is 0 Å². The van der Waals surface area contributed by atoms with Crippen molar-refractivity contribution in [2.75, 3.05) is 13.2 Å². The third-order valence-corrected chi connectivity index (χ3v) is 4.29. The van der Waals surface area contributed by atoms with E-state index in [1.54, 1.807) is 0 Å². The zero-order valence-corrected chi connectivity index (χ0v) is 16.1. The first-order valence-electron chi connectivity index (χ1n) is 7.30. The van der Waals surface area contributed by atoms with Crippen LogP contribution in [-0.4, -0.2) is 23.9 Å². The lowest BCUT2D eigenvalue weighted by molar-refractivity contribution is 0.128. The molecule has 1 aromatic heterocycles. The van der Waals surface area contributed by atoms with Gasteiger partial charge in [-0.15, -0.1) is 12.4 Å². The fraction of sp³-hybridized carbons (Fsp3) is 0.412. The minimum absolute atomic E-state index is 0. The van der Waals surface area contributed by atoms with Crippen LogP contribution in [0.3, 0.4) is 0 Å². The second-order valence-corrected chi connectivity index (χ2v) is 6.40. The molecule has 0 spiro atoms. The molecule has 1 heterocycles. The zero-order valence-electron chi connectivity index (χ0n) is 13.1. The SMILES string of the molecule is CCOC[C@@H](CC)C(=N)c1cc(C)nc2cc(I)ccc12.Cl. The molecule has 1 atom stereocenters. The van der Waals surface area contributed by atoms with Gasteiger partial charge in [-0.1, -0.05) is 13.0 Å². The van der Waals surface area contributed by atoms with Gasteiger partial charge in [-0.05, 0) is 61.1 Å². The van der Waals surface area contributed by atoms with Gasteiger partial charge in [0.1, 0.15) is 0 Å². The summed E-state index contributed by atoms with van der Waals surface area (Å²) < 4.78 is 6.70. The summed E-state index contributed by atoms with van der Waals surface area (Å²) in [6.07, 6.45) is 0.909. The van der Waals surface area contributed by atoms with E-state index in [-0.39, 0.29) is 18.3 Å². The van der Waals surface area contributed by atoms with Crippen LogP contribution < -0.4 is 0 Å². The van der Waals surface area contributed by atoms with Gasteiger partial charge in [0.05, 0.1) is 12.1 Å². The van der Waals surface area contributed by atoms with Crippen LogP contribution >= 0.6 is 35.0 Å². The summed E-state index contributed by atoms with van der Waals surface area (Å²) in [4.78, 5) is 4.59. The molecule has 0 radical (unpaired) electrons. The Bertz CT molecular complexity index is 655. The van der Waals surface area contributed by atoms with Crippen molar-refractivity contribution in [3.63, 3.8) is 0 Å². The molecule has 2 aromatic rings. The number of nitrogens with zero attached hydrogens (tertiary/aromatic N) is 1. The van der Waals surface area contributed by atoms with Gasteiger partial charge >= 0.3 is 0 Å². The topological polar surface area (TPSA) is 46.0 Å². The second kappa shape index (κ2) is 8.79. The second-order valence-electron chi connectivity index (χ2n) is 5.15. The molecular weight excluding hydrogens is 411 g/mol. The Kier molecular flexibility index (Phi) is 7.72. The molecule has 120 valence electrons. The van der Waals surface area contributed by atoms with E-state index in [1.165, 1.54) is 0 Å². The first-order valence-corrected chi connectivity index (χ1v) is 8.38. The average molecular weight is 433 g/mol. The smallest absolute Gasteiger partial charge is 0.0722 e. The summed E-state index contributed by atoms with van der Waals surface area (Å²) in [6, 6.07) is 8.23. The van der Waals surface area contributed by atoms with E-state index in [0.29, 0.717) is 18.9 Å². The molecule has 0 aliphatic carbocycles. The molecule has 22 heavy (non-hydrogen) atoms. The Morgan fingerprint density at radius 1 is 1.32 bits per heavy atom. The highest BCUT2D eigenvalue weighted by atomic mass is 127. The highest BCUT2D eigenvalue weighted by Crippen LogP contribution is 2.24. The first-order chi connectivity index (χ1) is 10.1. The molecular formula is C17H22ClIN2O. The van der Waals surface area contributed by atoms with Crippen molar-refractivity contribution in [3.05, 3.63) is 39.1 Å². The summed E-state index contributed by atoms with van der Waals surface area (Å²) in [7, 11) is 0. The number of hydrogen-bond donors (Lipinski definition) is 1. The Balaban J connectivity index is 0.00000242. The highest BCUT2D eigenvalue weighted by molar-refractivity contribution is 14.1. The summed E-state index contributed by atoms with van der Waals surface area (Å²) in [5.74, 6) is 0.134. The van der Waals surface area contributed by atoms with Crippen LogP contribution in [0.1, 0.15) is 31.5 Å². The Labute approximate surface area is 151 Å². The summed E-state index contributed by atoms with van der Waals surface area (Å²) in [5.41, 5.74) is 3.56. The molecule has 1 aromatic carbocycles. The number of nitrogens with one attached hydrogen (secondary N) is 1. The molecule has 0 fully saturated rings. The number of hydrogen-bond acceptors (Lipinski definition) is 3. The van der Waals surface area contributed by atoms with E-state index < -0.39 is 0 Å². The van der Waals surface area contributed by atoms with Crippen molar-refractivity contribution >= 4 is 51.6 Å². The molecule has 0 amide bonds. The molecule has 5 heteroatoms. The zero-order chi connectivity index (χ0) is 15.4. The lowest BCUT2D eigenvalue weighted by atomic mass is 9.92. The molecule has 0 aliphatic rings. The third kappa shape index (κ3) is 4.40. The molecule has 0 aliphatic heterocycles. The molecule has 0 bridgehead atoms. The fourth-order valence-corrected chi connectivity index (χ4v) is 2.92. The summed E-state index contributed by atoms with van der Waals surface area (Å²) in [5, 5.41) is 9.64. The highest BCUT2D eigenvalue weighted by Gasteiger charge is 2.18. The number of halogens is 2. The van der Waals surface area contributed by atoms with Gasteiger partial charge < -0.3 is 10.1 Å². The predicted octanol–water partition coefficient (Wildman–Crippen LogP) is 5.00. The number of pyridine rings is 1. The fourth-order valence-electron chi connectivity index (χ4n) is 2.44. The van der Waals surface area contributed by atoms with Gasteiger partial charge in [0, 0.05) is 38.5 Å². The number of aromatic nitrogens is 1. The maximum atomic E-state index is 8.59. The monoisotopic (exact) mass is 432 g/mol. The Morgan fingerprint density at radius 2 is 2.05 bits per heavy atom. The van der Waals surface area contributed by atoms with E-state index in [1.807, 2.05) is 19.9 Å². The maximum absolute atomic E-state index is 8.59. The number of benzene rings is 1. The van der Waals surface area contributed by atoms with Crippen LogP contribution in [0.15, 0.2) is 24.3 Å². The van der Waals surface area contributed by atoms with Crippen molar-refractivity contribution in [2.45, 2.75) is 27.2 Å². The Morgan fingerprint density at radius 3 is 2.68 bits per heavy atom. The van der Waals surface area contributed by atoms with Gasteiger partial charge in [0.15, 0.2) is 0 Å². The van der Waals surface area contributed by atoms with Crippen LogP contribution in [0.5, 0.6) is 0 Å². The molecule has 0 unspecified atom stereocenters. The van der Waals surface area contributed by atoms with Gasteiger partial charge in [0.2, 0.25) is 0 Å². The number of rotatable bonds is 6. The number of ether oxygens (including phenoxy) is 1. The maximum Gasteiger partial charge on any atom is 0.0722 e. The van der Waals surface area contributed by atoms with Gasteiger partial charge in [-0.2, -0.15) is 0 Å². The van der Waals surface area contributed by atoms with E-state index in [2.05, 4.69) is 52.7 Å². The summed E-state index contributed by atoms with van der Waals surface area (Å²) in [6.45, 7) is 7.39. The minimum atomic E-state index is 0. The van der Waals surface area contributed by atoms with Crippen LogP contribution in [-0.2, 0) is 4.74 Å². The van der Waals surface area contributed by atoms with Crippen molar-refractivity contribution in [3.8, 4) is 0 Å². The average Bonchev–Trinajstić information content (AvgIpc) is 2.46. The van der Waals surface area contributed by atoms with Crippen molar-refractivity contribution in [1.82, 2.24) is 4.98 Å². The van der Waals surface area contributed by atoms with Crippen LogP contribution in [0.2, 0.25) is 0 Å². The van der Waals surface area contributed by atoms with Gasteiger partial charge in [-0.3, -0.25) is 4.98 Å². The quantitative estimate of drug-likeness (QED) is 0.516. The van der Waals surface area contributed by atoms with Gasteiger partial charge in [-0.25, -0.2) is 0 Å². The van der Waals surface area contributed by atoms with Crippen molar-refractivity contribution in [2.24, 2.45) is 5.92 Å². The van der Waals surface area contributed by atoms with Crippen LogP contribution in [0.25, 0.3) is 10.9 Å². The standard InChI is InChI=1S/C17H21IN2O.ClH/c1-4-12(10-21-5-2)17(19)15-8-11(3)20-16-9-13(18)6-7-14(15)16;/h6-9,12,19H,4-5,10H2,1-3H3;1H/t12-;/m1./s1. The molecule has 0 saturated heterocycles. The number of aryl methyl sites for hydroxylation is 1. The van der Waals surface area contributed by atoms with E-state index in [9.17, 15) is 0 Å². The van der Waals surface area contributed by atoms with E-state index in [4.69, 9.17) is 10.1 Å². The van der Waals surface area contributed by atoms with E-state index in [0.717, 1.165) is 32.2 Å². The molecule has 0 saturated carbocycles. The Hall–Kier alpha value is -0.720. The van der Waals surface area contributed by atoms with Crippen LogP contribution in [0.4, 0.5) is 0 Å². The molecule has 3 nitrogen and oxygen atoms in total. The lowest BCUT2D eigenvalue weighted by Crippen LogP contribution is -2.20. The first kappa shape index (κ1) is 19.3. The van der Waals surface area contributed by atoms with Crippen molar-refractivity contribution < 1.29 is 4.74 Å².